The Balaban J connectivity index is 1.44. The molecule has 6 heteroatoms. The second kappa shape index (κ2) is 7.64. The predicted octanol–water partition coefficient (Wildman–Crippen LogP) is 2.45. The van der Waals surface area contributed by atoms with Crippen molar-refractivity contribution in [3.05, 3.63) is 59.7 Å². The van der Waals surface area contributed by atoms with Crippen LogP contribution in [0.4, 0.5) is 5.69 Å². The SMILES string of the molecule is CC1NCCN(C(=O)c2cccc(NC(=O)C3Cc4ccccc4O3)c2)C1C. The zero-order valence-corrected chi connectivity index (χ0v) is 16.1. The van der Waals surface area contributed by atoms with Crippen LogP contribution >= 0.6 is 0 Å². The molecule has 2 heterocycles. The summed E-state index contributed by atoms with van der Waals surface area (Å²) in [6.07, 6.45) is 0.00220. The van der Waals surface area contributed by atoms with E-state index in [1.807, 2.05) is 29.2 Å². The van der Waals surface area contributed by atoms with Crippen molar-refractivity contribution in [1.29, 1.82) is 0 Å². The van der Waals surface area contributed by atoms with Crippen LogP contribution in [0.5, 0.6) is 5.75 Å². The monoisotopic (exact) mass is 379 g/mol. The van der Waals surface area contributed by atoms with Crippen LogP contribution in [0.15, 0.2) is 48.5 Å². The number of nitrogens with zero attached hydrogens (tertiary/aromatic N) is 1. The quantitative estimate of drug-likeness (QED) is 0.859. The van der Waals surface area contributed by atoms with E-state index >= 15 is 0 Å². The molecule has 0 radical (unpaired) electrons. The van der Waals surface area contributed by atoms with E-state index in [-0.39, 0.29) is 23.9 Å². The average molecular weight is 379 g/mol. The van der Waals surface area contributed by atoms with E-state index in [0.717, 1.165) is 17.9 Å². The molecule has 3 unspecified atom stereocenters. The molecule has 28 heavy (non-hydrogen) atoms. The first-order valence-electron chi connectivity index (χ1n) is 9.73. The number of para-hydroxylation sites is 1. The Morgan fingerprint density at radius 1 is 1.14 bits per heavy atom. The number of ether oxygens (including phenoxy) is 1. The van der Waals surface area contributed by atoms with Crippen molar-refractivity contribution in [2.24, 2.45) is 0 Å². The van der Waals surface area contributed by atoms with Crippen molar-refractivity contribution in [1.82, 2.24) is 10.2 Å². The van der Waals surface area contributed by atoms with Gasteiger partial charge in [0, 0.05) is 42.8 Å². The molecule has 0 aliphatic carbocycles. The van der Waals surface area contributed by atoms with Crippen LogP contribution in [0, 0.1) is 0 Å². The van der Waals surface area contributed by atoms with Crippen LogP contribution in [0.3, 0.4) is 0 Å². The normalized spacial score (nSPS) is 23.6. The third-order valence-electron chi connectivity index (χ3n) is 5.61. The lowest BCUT2D eigenvalue weighted by atomic mass is 10.0. The van der Waals surface area contributed by atoms with Gasteiger partial charge in [-0.1, -0.05) is 24.3 Å². The van der Waals surface area contributed by atoms with Gasteiger partial charge in [0.2, 0.25) is 0 Å². The molecule has 2 aliphatic rings. The fourth-order valence-electron chi connectivity index (χ4n) is 3.79. The summed E-state index contributed by atoms with van der Waals surface area (Å²) in [7, 11) is 0. The van der Waals surface area contributed by atoms with Gasteiger partial charge in [0.05, 0.1) is 0 Å². The lowest BCUT2D eigenvalue weighted by Gasteiger charge is -2.38. The number of fused-ring (bicyclic) bond motifs is 1. The van der Waals surface area contributed by atoms with Crippen molar-refractivity contribution in [3.63, 3.8) is 0 Å². The van der Waals surface area contributed by atoms with Gasteiger partial charge in [-0.3, -0.25) is 9.59 Å². The predicted molar refractivity (Wildman–Crippen MR) is 108 cm³/mol. The summed E-state index contributed by atoms with van der Waals surface area (Å²) in [5, 5.41) is 6.27. The maximum absolute atomic E-state index is 13.0. The number of carbonyl (C=O) groups excluding carboxylic acids is 2. The molecule has 146 valence electrons. The minimum Gasteiger partial charge on any atom is -0.480 e. The number of hydrogen-bond donors (Lipinski definition) is 2. The molecule has 2 N–H and O–H groups in total. The molecule has 2 aromatic rings. The lowest BCUT2D eigenvalue weighted by Crippen LogP contribution is -2.57. The number of anilines is 1. The van der Waals surface area contributed by atoms with Crippen LogP contribution < -0.4 is 15.4 Å². The van der Waals surface area contributed by atoms with Gasteiger partial charge in [-0.15, -0.1) is 0 Å². The first-order chi connectivity index (χ1) is 13.5. The topological polar surface area (TPSA) is 70.7 Å². The van der Waals surface area contributed by atoms with Crippen molar-refractivity contribution in [2.45, 2.75) is 38.5 Å². The molecule has 1 fully saturated rings. The summed E-state index contributed by atoms with van der Waals surface area (Å²) in [4.78, 5) is 27.5. The summed E-state index contributed by atoms with van der Waals surface area (Å²) in [5.41, 5.74) is 2.22. The van der Waals surface area contributed by atoms with Crippen LogP contribution in [0.1, 0.15) is 29.8 Å². The van der Waals surface area contributed by atoms with E-state index in [4.69, 9.17) is 4.74 Å². The van der Waals surface area contributed by atoms with Gasteiger partial charge >= 0.3 is 0 Å². The highest BCUT2D eigenvalue weighted by molar-refractivity contribution is 5.98. The first kappa shape index (κ1) is 18.5. The Morgan fingerprint density at radius 2 is 1.96 bits per heavy atom. The van der Waals surface area contributed by atoms with Gasteiger partial charge in [-0.05, 0) is 43.7 Å². The fourth-order valence-corrected chi connectivity index (χ4v) is 3.79. The summed E-state index contributed by atoms with van der Waals surface area (Å²) in [6, 6.07) is 15.2. The highest BCUT2D eigenvalue weighted by Crippen LogP contribution is 2.28. The van der Waals surface area contributed by atoms with Crippen molar-refractivity contribution >= 4 is 17.5 Å². The lowest BCUT2D eigenvalue weighted by molar-refractivity contribution is -0.122. The van der Waals surface area contributed by atoms with Gasteiger partial charge in [0.25, 0.3) is 11.8 Å². The van der Waals surface area contributed by atoms with Crippen molar-refractivity contribution < 1.29 is 14.3 Å². The maximum Gasteiger partial charge on any atom is 0.265 e. The molecule has 3 atom stereocenters. The summed E-state index contributed by atoms with van der Waals surface area (Å²) in [5.74, 6) is 0.542. The molecule has 0 saturated carbocycles. The van der Waals surface area contributed by atoms with Gasteiger partial charge in [-0.2, -0.15) is 0 Å². The Morgan fingerprint density at radius 3 is 2.79 bits per heavy atom. The number of nitrogens with one attached hydrogen (secondary N) is 2. The van der Waals surface area contributed by atoms with E-state index < -0.39 is 6.10 Å². The van der Waals surface area contributed by atoms with Crippen molar-refractivity contribution in [2.75, 3.05) is 18.4 Å². The number of hydrogen-bond acceptors (Lipinski definition) is 4. The van der Waals surface area contributed by atoms with Gasteiger partial charge in [-0.25, -0.2) is 0 Å². The second-order valence-electron chi connectivity index (χ2n) is 7.47. The molecule has 4 rings (SSSR count). The van der Waals surface area contributed by atoms with Gasteiger partial charge in [0.1, 0.15) is 5.75 Å². The van der Waals surface area contributed by atoms with Gasteiger partial charge in [0.15, 0.2) is 6.10 Å². The highest BCUT2D eigenvalue weighted by Gasteiger charge is 2.30. The summed E-state index contributed by atoms with van der Waals surface area (Å²) < 4.78 is 5.75. The molecule has 2 amide bonds. The van der Waals surface area contributed by atoms with E-state index in [1.165, 1.54) is 0 Å². The number of amides is 2. The maximum atomic E-state index is 13.0. The number of rotatable bonds is 3. The van der Waals surface area contributed by atoms with E-state index in [1.54, 1.807) is 24.3 Å². The van der Waals surface area contributed by atoms with E-state index in [9.17, 15) is 9.59 Å². The second-order valence-corrected chi connectivity index (χ2v) is 7.47. The smallest absolute Gasteiger partial charge is 0.265 e. The molecule has 0 aromatic heterocycles. The minimum atomic E-state index is -0.550. The summed E-state index contributed by atoms with van der Waals surface area (Å²) >= 11 is 0. The number of piperazine rings is 1. The molecule has 2 aliphatic heterocycles. The molecular weight excluding hydrogens is 354 g/mol. The van der Waals surface area contributed by atoms with Crippen molar-refractivity contribution in [3.8, 4) is 5.75 Å². The summed E-state index contributed by atoms with van der Waals surface area (Å²) in [6.45, 7) is 5.60. The first-order valence-corrected chi connectivity index (χ1v) is 9.73. The molecule has 0 spiro atoms. The Hall–Kier alpha value is -2.86. The molecule has 2 aromatic carbocycles. The van der Waals surface area contributed by atoms with Crippen LogP contribution in [0.25, 0.3) is 0 Å². The zero-order chi connectivity index (χ0) is 19.7. The van der Waals surface area contributed by atoms with Crippen LogP contribution in [-0.4, -0.2) is 48.0 Å². The molecule has 0 bridgehead atoms. The molecular formula is C22H25N3O3. The fraction of sp³-hybridized carbons (Fsp3) is 0.364. The number of benzene rings is 2. The van der Waals surface area contributed by atoms with Crippen LogP contribution in [-0.2, 0) is 11.2 Å². The van der Waals surface area contributed by atoms with E-state index in [0.29, 0.717) is 24.2 Å². The highest BCUT2D eigenvalue weighted by atomic mass is 16.5. The third kappa shape index (κ3) is 3.60. The Bertz CT molecular complexity index is 873. The van der Waals surface area contributed by atoms with E-state index in [2.05, 4.69) is 24.5 Å². The third-order valence-corrected chi connectivity index (χ3v) is 5.61. The largest absolute Gasteiger partial charge is 0.480 e. The molecule has 6 nitrogen and oxygen atoms in total. The number of carbonyl (C=O) groups is 2. The Kier molecular flexibility index (Phi) is 5.05. The zero-order valence-electron chi connectivity index (χ0n) is 16.1. The molecule has 1 saturated heterocycles. The average Bonchev–Trinajstić information content (AvgIpc) is 3.14. The standard InChI is InChI=1S/C22H25N3O3/c1-14-15(2)25(11-10-23-14)22(27)17-7-5-8-18(12-17)24-21(26)20-13-16-6-3-4-9-19(16)28-20/h3-9,12,14-15,20,23H,10-11,13H2,1-2H3,(H,24,26). The van der Waals surface area contributed by atoms with Crippen LogP contribution in [0.2, 0.25) is 0 Å². The minimum absolute atomic E-state index is 0.0125. The van der Waals surface area contributed by atoms with Gasteiger partial charge < -0.3 is 20.3 Å². The Labute approximate surface area is 164 Å².